The molecule has 0 aliphatic carbocycles. The van der Waals surface area contributed by atoms with Crippen LogP contribution < -0.4 is 5.32 Å². The molecule has 0 unspecified atom stereocenters. The van der Waals surface area contributed by atoms with E-state index in [0.29, 0.717) is 0 Å². The molecule has 0 amide bonds. The molecule has 0 saturated carbocycles. The lowest BCUT2D eigenvalue weighted by atomic mass is 10.2. The molecular formula is C9H11ClN2O4. The van der Waals surface area contributed by atoms with Crippen LogP contribution in [0.25, 0.3) is 0 Å². The van der Waals surface area contributed by atoms with Gasteiger partial charge in [0.2, 0.25) is 0 Å². The van der Waals surface area contributed by atoms with Crippen molar-refractivity contribution in [3.05, 3.63) is 22.8 Å². The molecule has 0 aromatic carbocycles. The van der Waals surface area contributed by atoms with Crippen molar-refractivity contribution in [1.82, 2.24) is 4.98 Å². The van der Waals surface area contributed by atoms with Crippen LogP contribution >= 0.6 is 11.6 Å². The number of hydrogen-bond acceptors (Lipinski definition) is 5. The Hall–Kier alpha value is -1.37. The number of aliphatic hydroxyl groups excluding tert-OH is 2. The van der Waals surface area contributed by atoms with E-state index in [0.717, 1.165) is 0 Å². The van der Waals surface area contributed by atoms with Crippen LogP contribution in [0.4, 0.5) is 5.82 Å². The molecule has 1 rings (SSSR count). The van der Waals surface area contributed by atoms with Gasteiger partial charge in [0.15, 0.2) is 0 Å². The second kappa shape index (κ2) is 5.64. The molecule has 0 aliphatic rings. The van der Waals surface area contributed by atoms with Crippen LogP contribution in [-0.2, 0) is 0 Å². The lowest BCUT2D eigenvalue weighted by Crippen LogP contribution is -2.28. The topological polar surface area (TPSA) is 103 Å². The van der Waals surface area contributed by atoms with Crippen molar-refractivity contribution in [2.45, 2.75) is 6.04 Å². The molecule has 0 fully saturated rings. The van der Waals surface area contributed by atoms with Crippen molar-refractivity contribution in [2.75, 3.05) is 18.5 Å². The van der Waals surface area contributed by atoms with Crippen LogP contribution in [-0.4, -0.2) is 45.5 Å². The molecule has 0 saturated heterocycles. The number of hydrogen-bond donors (Lipinski definition) is 4. The third-order valence-electron chi connectivity index (χ3n) is 1.88. The minimum Gasteiger partial charge on any atom is -0.478 e. The Balaban J connectivity index is 2.90. The highest BCUT2D eigenvalue weighted by molar-refractivity contribution is 6.33. The van der Waals surface area contributed by atoms with Crippen LogP contribution in [0.5, 0.6) is 0 Å². The summed E-state index contributed by atoms with van der Waals surface area (Å²) in [4.78, 5) is 14.6. The van der Waals surface area contributed by atoms with Gasteiger partial charge in [-0.05, 0) is 6.07 Å². The van der Waals surface area contributed by atoms with Gasteiger partial charge in [0, 0.05) is 6.20 Å². The van der Waals surface area contributed by atoms with Gasteiger partial charge in [-0.15, -0.1) is 0 Å². The second-order valence-corrected chi connectivity index (χ2v) is 3.47. The van der Waals surface area contributed by atoms with Gasteiger partial charge in [-0.1, -0.05) is 11.6 Å². The molecule has 88 valence electrons. The number of anilines is 1. The summed E-state index contributed by atoms with van der Waals surface area (Å²) in [6.07, 6.45) is 1.19. The molecule has 1 aromatic rings. The van der Waals surface area contributed by atoms with E-state index in [2.05, 4.69) is 10.3 Å². The number of nitrogens with zero attached hydrogens (tertiary/aromatic N) is 1. The predicted molar refractivity (Wildman–Crippen MR) is 57.8 cm³/mol. The van der Waals surface area contributed by atoms with Crippen molar-refractivity contribution in [3.8, 4) is 0 Å². The highest BCUT2D eigenvalue weighted by Crippen LogP contribution is 2.18. The number of carboxylic acid groups (broad SMARTS) is 1. The molecule has 7 heteroatoms. The summed E-state index contributed by atoms with van der Waals surface area (Å²) in [7, 11) is 0. The molecule has 1 heterocycles. The molecule has 1 aromatic heterocycles. The third kappa shape index (κ3) is 3.06. The second-order valence-electron chi connectivity index (χ2n) is 3.06. The van der Waals surface area contributed by atoms with Gasteiger partial charge in [0.25, 0.3) is 0 Å². The maximum absolute atomic E-state index is 10.8. The van der Waals surface area contributed by atoms with Crippen molar-refractivity contribution >= 4 is 23.4 Å². The Morgan fingerprint density at radius 3 is 2.62 bits per heavy atom. The smallest absolute Gasteiger partial charge is 0.337 e. The van der Waals surface area contributed by atoms with E-state index in [-0.39, 0.29) is 29.6 Å². The summed E-state index contributed by atoms with van der Waals surface area (Å²) in [5, 5.41) is 29.2. The Bertz CT molecular complexity index is 382. The van der Waals surface area contributed by atoms with Gasteiger partial charge >= 0.3 is 5.97 Å². The Kier molecular flexibility index (Phi) is 4.48. The Labute approximate surface area is 96.5 Å². The largest absolute Gasteiger partial charge is 0.478 e. The minimum atomic E-state index is -1.17. The Morgan fingerprint density at radius 2 is 2.12 bits per heavy atom. The zero-order valence-electron chi connectivity index (χ0n) is 8.22. The number of rotatable bonds is 5. The van der Waals surface area contributed by atoms with E-state index in [9.17, 15) is 4.79 Å². The minimum absolute atomic E-state index is 0.0302. The number of nitrogens with one attached hydrogen (secondary N) is 1. The van der Waals surface area contributed by atoms with Gasteiger partial charge in [-0.3, -0.25) is 0 Å². The Morgan fingerprint density at radius 1 is 1.50 bits per heavy atom. The standard InChI is InChI=1S/C9H11ClN2O4/c10-7-2-11-8(1-6(7)9(15)16)12-5(3-13)4-14/h1-2,5,13-14H,3-4H2,(H,11,12)(H,15,16). The first-order valence-corrected chi connectivity index (χ1v) is 4.83. The van der Waals surface area contributed by atoms with Crippen LogP contribution in [0.3, 0.4) is 0 Å². The summed E-state index contributed by atoms with van der Waals surface area (Å²) >= 11 is 5.63. The van der Waals surface area contributed by atoms with E-state index in [1.807, 2.05) is 0 Å². The lowest BCUT2D eigenvalue weighted by Gasteiger charge is -2.14. The molecule has 16 heavy (non-hydrogen) atoms. The number of carboxylic acids is 1. The molecule has 4 N–H and O–H groups in total. The van der Waals surface area contributed by atoms with Crippen molar-refractivity contribution in [3.63, 3.8) is 0 Å². The molecule has 6 nitrogen and oxygen atoms in total. The van der Waals surface area contributed by atoms with Crippen molar-refractivity contribution in [1.29, 1.82) is 0 Å². The predicted octanol–water partition coefficient (Wildman–Crippen LogP) is 0.198. The van der Waals surface area contributed by atoms with Crippen molar-refractivity contribution in [2.24, 2.45) is 0 Å². The average Bonchev–Trinajstić information content (AvgIpc) is 2.27. The van der Waals surface area contributed by atoms with Crippen molar-refractivity contribution < 1.29 is 20.1 Å². The van der Waals surface area contributed by atoms with E-state index < -0.39 is 12.0 Å². The van der Waals surface area contributed by atoms with Gasteiger partial charge in [-0.25, -0.2) is 9.78 Å². The molecule has 0 aliphatic heterocycles. The zero-order chi connectivity index (χ0) is 12.1. The lowest BCUT2D eigenvalue weighted by molar-refractivity contribution is 0.0697. The summed E-state index contributed by atoms with van der Waals surface area (Å²) < 4.78 is 0. The molecule has 0 spiro atoms. The number of pyridine rings is 1. The third-order valence-corrected chi connectivity index (χ3v) is 2.18. The van der Waals surface area contributed by atoms with Gasteiger partial charge in [0.05, 0.1) is 29.8 Å². The molecule has 0 atom stereocenters. The van der Waals surface area contributed by atoms with Crippen LogP contribution in [0.15, 0.2) is 12.3 Å². The summed E-state index contributed by atoms with van der Waals surface area (Å²) in [6, 6.07) is 0.651. The van der Waals surface area contributed by atoms with Gasteiger partial charge < -0.3 is 20.6 Å². The first-order valence-electron chi connectivity index (χ1n) is 4.45. The van der Waals surface area contributed by atoms with E-state index in [1.165, 1.54) is 12.3 Å². The van der Waals surface area contributed by atoms with Gasteiger partial charge in [0.1, 0.15) is 5.82 Å². The van der Waals surface area contributed by atoms with Crippen LogP contribution in [0, 0.1) is 0 Å². The number of aromatic carboxylic acids is 1. The highest BCUT2D eigenvalue weighted by Gasteiger charge is 2.12. The van der Waals surface area contributed by atoms with Crippen LogP contribution in [0.2, 0.25) is 5.02 Å². The van der Waals surface area contributed by atoms with Gasteiger partial charge in [-0.2, -0.15) is 0 Å². The van der Waals surface area contributed by atoms with E-state index in [1.54, 1.807) is 0 Å². The summed E-state index contributed by atoms with van der Waals surface area (Å²) in [5.74, 6) is -0.935. The maximum Gasteiger partial charge on any atom is 0.337 e. The number of halogens is 1. The molecule has 0 bridgehead atoms. The summed E-state index contributed by atoms with van der Waals surface area (Å²) in [6.45, 7) is -0.577. The molecule has 0 radical (unpaired) electrons. The normalized spacial score (nSPS) is 10.5. The quantitative estimate of drug-likeness (QED) is 0.592. The van der Waals surface area contributed by atoms with E-state index in [4.69, 9.17) is 26.9 Å². The first-order chi connectivity index (χ1) is 7.58. The fourth-order valence-electron chi connectivity index (χ4n) is 1.04. The summed E-state index contributed by atoms with van der Waals surface area (Å²) in [5.41, 5.74) is -0.0891. The highest BCUT2D eigenvalue weighted by atomic mass is 35.5. The average molecular weight is 247 g/mol. The number of aliphatic hydroxyl groups is 2. The zero-order valence-corrected chi connectivity index (χ0v) is 8.98. The number of aromatic nitrogens is 1. The maximum atomic E-state index is 10.8. The first kappa shape index (κ1) is 12.7. The fourth-order valence-corrected chi connectivity index (χ4v) is 1.22. The monoisotopic (exact) mass is 246 g/mol. The number of carbonyl (C=O) groups is 1. The van der Waals surface area contributed by atoms with E-state index >= 15 is 0 Å². The molecular weight excluding hydrogens is 236 g/mol. The fraction of sp³-hybridized carbons (Fsp3) is 0.333. The van der Waals surface area contributed by atoms with Crippen LogP contribution in [0.1, 0.15) is 10.4 Å². The SMILES string of the molecule is O=C(O)c1cc(NC(CO)CO)ncc1Cl.